The van der Waals surface area contributed by atoms with E-state index in [1.807, 2.05) is 13.8 Å². The number of hydrogen-bond donors (Lipinski definition) is 1. The predicted octanol–water partition coefficient (Wildman–Crippen LogP) is 3.97. The molecule has 1 atom stereocenters. The Hall–Kier alpha value is -1.31. The molecule has 2 aromatic rings. The van der Waals surface area contributed by atoms with Crippen LogP contribution in [0, 0.1) is 5.82 Å². The van der Waals surface area contributed by atoms with Gasteiger partial charge in [-0.15, -0.1) is 11.3 Å². The molecule has 0 saturated heterocycles. The normalized spacial score (nSPS) is 12.8. The molecule has 0 aliphatic rings. The molecule has 1 aromatic carbocycles. The molecule has 22 heavy (non-hydrogen) atoms. The lowest BCUT2D eigenvalue weighted by Gasteiger charge is -2.13. The number of ether oxygens (including phenoxy) is 1. The Balaban J connectivity index is 2.48. The molecule has 0 fully saturated rings. The number of carbonyl (C=O) groups is 1. The fourth-order valence-electron chi connectivity index (χ4n) is 2.28. The molecule has 0 aliphatic heterocycles. The van der Waals surface area contributed by atoms with Gasteiger partial charge in [-0.05, 0) is 18.1 Å². The lowest BCUT2D eigenvalue weighted by Crippen LogP contribution is -2.03. The van der Waals surface area contributed by atoms with Crippen LogP contribution < -0.4 is 4.74 Å². The van der Waals surface area contributed by atoms with Crippen molar-refractivity contribution in [2.24, 2.45) is 0 Å². The maximum atomic E-state index is 14.7. The van der Waals surface area contributed by atoms with Gasteiger partial charge < -0.3 is 9.29 Å². The number of halogens is 1. The molecule has 1 aromatic heterocycles. The highest BCUT2D eigenvalue weighted by atomic mass is 32.2. The maximum Gasteiger partial charge on any atom is 0.173 e. The molecule has 1 heterocycles. The first-order valence-corrected chi connectivity index (χ1v) is 8.85. The first-order chi connectivity index (χ1) is 10.3. The second kappa shape index (κ2) is 6.85. The third kappa shape index (κ3) is 3.37. The molecule has 2 rings (SSSR count). The minimum Gasteiger partial charge on any atom is -0.496 e. The topological polar surface area (TPSA) is 63.6 Å². The smallest absolute Gasteiger partial charge is 0.173 e. The molecule has 0 radical (unpaired) electrons. The molecule has 1 N–H and O–H groups in total. The third-order valence-electron chi connectivity index (χ3n) is 3.34. The van der Waals surface area contributed by atoms with Gasteiger partial charge in [-0.2, -0.15) is 0 Å². The van der Waals surface area contributed by atoms with Crippen molar-refractivity contribution in [1.29, 1.82) is 0 Å². The van der Waals surface area contributed by atoms with Gasteiger partial charge in [-0.1, -0.05) is 13.8 Å². The molecule has 0 spiro atoms. The number of rotatable bonds is 6. The summed E-state index contributed by atoms with van der Waals surface area (Å²) in [6, 6.07) is 3.25. The van der Waals surface area contributed by atoms with Crippen LogP contribution in [0.2, 0.25) is 0 Å². The lowest BCUT2D eigenvalue weighted by molar-refractivity contribution is 0.0992. The van der Waals surface area contributed by atoms with Crippen LogP contribution in [-0.4, -0.2) is 27.4 Å². The molecule has 0 aliphatic carbocycles. The fraction of sp³-hybridized carbons (Fsp3) is 0.400. The Morgan fingerprint density at radius 2 is 2.14 bits per heavy atom. The number of hydrogen-bond acceptors (Lipinski definition) is 4. The maximum absolute atomic E-state index is 14.7. The number of carbonyl (C=O) groups excluding carboxylic acids is 1. The van der Waals surface area contributed by atoms with Gasteiger partial charge >= 0.3 is 0 Å². The zero-order valence-corrected chi connectivity index (χ0v) is 14.1. The highest BCUT2D eigenvalue weighted by Gasteiger charge is 2.20. The first-order valence-electron chi connectivity index (χ1n) is 6.75. The zero-order chi connectivity index (χ0) is 16.4. The number of benzene rings is 1. The van der Waals surface area contributed by atoms with Crippen molar-refractivity contribution < 1.29 is 22.7 Å². The summed E-state index contributed by atoms with van der Waals surface area (Å²) in [6.07, 6.45) is -0.0360. The molecule has 4 nitrogen and oxygen atoms in total. The SMILES string of the molecule is COc1cc2sc(C(=O)CCS(=O)O)cc2c(F)c1C(C)C. The van der Waals surface area contributed by atoms with E-state index in [4.69, 9.17) is 9.29 Å². The second-order valence-corrected chi connectivity index (χ2v) is 7.32. The number of ketones is 1. The van der Waals surface area contributed by atoms with Crippen molar-refractivity contribution in [3.63, 3.8) is 0 Å². The number of Topliss-reactive ketones (excluding diaryl/α,β-unsaturated/α-hetero) is 1. The van der Waals surface area contributed by atoms with E-state index in [0.717, 1.165) is 0 Å². The summed E-state index contributed by atoms with van der Waals surface area (Å²) in [7, 11) is 1.49. The van der Waals surface area contributed by atoms with Gasteiger partial charge in [0.05, 0.1) is 17.7 Å². The van der Waals surface area contributed by atoms with Gasteiger partial charge in [0.2, 0.25) is 0 Å². The van der Waals surface area contributed by atoms with Gasteiger partial charge in [0.1, 0.15) is 11.6 Å². The van der Waals surface area contributed by atoms with Crippen LogP contribution in [0.3, 0.4) is 0 Å². The minimum absolute atomic E-state index is 0.0360. The van der Waals surface area contributed by atoms with Crippen molar-refractivity contribution >= 4 is 38.3 Å². The van der Waals surface area contributed by atoms with Crippen molar-refractivity contribution in [2.75, 3.05) is 12.9 Å². The lowest BCUT2D eigenvalue weighted by atomic mass is 9.99. The summed E-state index contributed by atoms with van der Waals surface area (Å²) in [5.41, 5.74) is 0.489. The molecular formula is C15H17FO4S2. The van der Waals surface area contributed by atoms with Crippen LogP contribution in [0.1, 0.15) is 41.4 Å². The average molecular weight is 344 g/mol. The largest absolute Gasteiger partial charge is 0.496 e. The monoisotopic (exact) mass is 344 g/mol. The fourth-order valence-corrected chi connectivity index (χ4v) is 3.70. The van der Waals surface area contributed by atoms with Crippen molar-refractivity contribution in [3.05, 3.63) is 28.4 Å². The molecule has 0 bridgehead atoms. The van der Waals surface area contributed by atoms with Gasteiger partial charge in [-0.25, -0.2) is 8.60 Å². The van der Waals surface area contributed by atoms with Gasteiger partial charge in [-0.3, -0.25) is 4.79 Å². The van der Waals surface area contributed by atoms with Gasteiger partial charge in [0, 0.05) is 22.1 Å². The van der Waals surface area contributed by atoms with Crippen molar-refractivity contribution in [3.8, 4) is 5.75 Å². The van der Waals surface area contributed by atoms with E-state index >= 15 is 0 Å². The van der Waals surface area contributed by atoms with Crippen molar-refractivity contribution in [2.45, 2.75) is 26.2 Å². The van der Waals surface area contributed by atoms with E-state index in [9.17, 15) is 13.4 Å². The Labute approximate surface area is 134 Å². The summed E-state index contributed by atoms with van der Waals surface area (Å²) in [6.45, 7) is 3.75. The first kappa shape index (κ1) is 17.1. The molecule has 7 heteroatoms. The highest BCUT2D eigenvalue weighted by Crippen LogP contribution is 2.38. The third-order valence-corrected chi connectivity index (χ3v) is 5.01. The summed E-state index contributed by atoms with van der Waals surface area (Å²) in [5.74, 6) is -0.318. The van der Waals surface area contributed by atoms with Crippen LogP contribution in [0.4, 0.5) is 4.39 Å². The molecule has 0 amide bonds. The second-order valence-electron chi connectivity index (χ2n) is 5.18. The van der Waals surface area contributed by atoms with Crippen LogP contribution in [0.25, 0.3) is 10.1 Å². The van der Waals surface area contributed by atoms with E-state index < -0.39 is 11.1 Å². The number of methoxy groups -OCH3 is 1. The minimum atomic E-state index is -2.01. The highest BCUT2D eigenvalue weighted by molar-refractivity contribution is 7.79. The quantitative estimate of drug-likeness (QED) is 0.636. The van der Waals surface area contributed by atoms with Crippen molar-refractivity contribution in [1.82, 2.24) is 0 Å². The zero-order valence-electron chi connectivity index (χ0n) is 12.5. The van der Waals surface area contributed by atoms with Crippen LogP contribution in [0.5, 0.6) is 5.75 Å². The number of thiophene rings is 1. The Morgan fingerprint density at radius 3 is 2.68 bits per heavy atom. The predicted molar refractivity (Wildman–Crippen MR) is 87.0 cm³/mol. The van der Waals surface area contributed by atoms with Crippen LogP contribution in [0.15, 0.2) is 12.1 Å². The van der Waals surface area contributed by atoms with E-state index in [-0.39, 0.29) is 29.7 Å². The Morgan fingerprint density at radius 1 is 1.45 bits per heavy atom. The van der Waals surface area contributed by atoms with E-state index in [1.165, 1.54) is 24.5 Å². The summed E-state index contributed by atoms with van der Waals surface area (Å²) in [4.78, 5) is 12.4. The van der Waals surface area contributed by atoms with E-state index in [0.29, 0.717) is 26.3 Å². The van der Waals surface area contributed by atoms with Gasteiger partial charge in [0.25, 0.3) is 0 Å². The van der Waals surface area contributed by atoms with E-state index in [2.05, 4.69) is 0 Å². The van der Waals surface area contributed by atoms with Crippen LogP contribution >= 0.6 is 11.3 Å². The molecular weight excluding hydrogens is 327 g/mol. The molecule has 0 saturated carbocycles. The summed E-state index contributed by atoms with van der Waals surface area (Å²) in [5, 5.41) is 0.392. The van der Waals surface area contributed by atoms with E-state index in [1.54, 1.807) is 6.07 Å². The standard InChI is InChI=1S/C15H17FO4S2/c1-8(2)14-11(20-3)7-12-9(15(14)16)6-13(21-12)10(17)4-5-22(18)19/h6-8H,4-5H2,1-3H3,(H,18,19). The van der Waals surface area contributed by atoms with Crippen LogP contribution in [-0.2, 0) is 11.1 Å². The molecule has 1 unspecified atom stereocenters. The Kier molecular flexibility index (Phi) is 5.31. The Bertz CT molecular complexity index is 737. The summed E-state index contributed by atoms with van der Waals surface area (Å²) >= 11 is -0.836. The number of fused-ring (bicyclic) bond motifs is 1. The average Bonchev–Trinajstić information content (AvgIpc) is 2.88. The van der Waals surface area contributed by atoms with Gasteiger partial charge in [0.15, 0.2) is 16.9 Å². The molecule has 120 valence electrons. The summed E-state index contributed by atoms with van der Waals surface area (Å²) < 4.78 is 40.0.